The molecule has 0 unspecified atom stereocenters. The van der Waals surface area contributed by atoms with E-state index >= 15 is 0 Å². The molecule has 1 amide bonds. The first-order valence-electron chi connectivity index (χ1n) is 11.9. The fraction of sp³-hybridized carbons (Fsp3) is 0.222. The highest BCUT2D eigenvalue weighted by atomic mass is 16.2. The third-order valence-electron chi connectivity index (χ3n) is 6.75. The van der Waals surface area contributed by atoms with Crippen molar-refractivity contribution < 1.29 is 4.79 Å². The molecule has 6 rings (SSSR count). The van der Waals surface area contributed by atoms with E-state index < -0.39 is 0 Å². The van der Waals surface area contributed by atoms with Crippen molar-refractivity contribution in [3.8, 4) is 33.9 Å². The number of nitrogens with one attached hydrogen (secondary N) is 1. The number of aromatic nitrogens is 6. The van der Waals surface area contributed by atoms with Crippen molar-refractivity contribution in [3.05, 3.63) is 60.7 Å². The summed E-state index contributed by atoms with van der Waals surface area (Å²) in [6.45, 7) is 2.01. The molecule has 1 saturated carbocycles. The molecular formula is C27H26N8O. The number of anilines is 2. The predicted molar refractivity (Wildman–Crippen MR) is 140 cm³/mol. The Morgan fingerprint density at radius 1 is 1.11 bits per heavy atom. The van der Waals surface area contributed by atoms with Gasteiger partial charge in [0.2, 0.25) is 5.91 Å². The summed E-state index contributed by atoms with van der Waals surface area (Å²) >= 11 is 0. The second kappa shape index (κ2) is 8.30. The summed E-state index contributed by atoms with van der Waals surface area (Å²) in [5.74, 6) is 0.147. The van der Waals surface area contributed by atoms with Crippen LogP contribution >= 0.6 is 0 Å². The summed E-state index contributed by atoms with van der Waals surface area (Å²) in [6.07, 6.45) is 9.02. The molecule has 1 aliphatic rings. The summed E-state index contributed by atoms with van der Waals surface area (Å²) in [5.41, 5.74) is 13.6. The van der Waals surface area contributed by atoms with Gasteiger partial charge < -0.3 is 11.1 Å². The molecule has 9 nitrogen and oxygen atoms in total. The number of rotatable bonds is 5. The van der Waals surface area contributed by atoms with Crippen LogP contribution in [-0.2, 0) is 18.9 Å². The van der Waals surface area contributed by atoms with E-state index in [0.29, 0.717) is 22.8 Å². The zero-order chi connectivity index (χ0) is 25.0. The van der Waals surface area contributed by atoms with Gasteiger partial charge in [-0.2, -0.15) is 10.2 Å². The molecule has 0 atom stereocenters. The molecule has 36 heavy (non-hydrogen) atoms. The van der Waals surface area contributed by atoms with Gasteiger partial charge in [0.15, 0.2) is 0 Å². The fourth-order valence-corrected chi connectivity index (χ4v) is 4.62. The molecule has 0 radical (unpaired) electrons. The van der Waals surface area contributed by atoms with Crippen LogP contribution in [0.25, 0.3) is 44.7 Å². The molecule has 3 N–H and O–H groups in total. The minimum absolute atomic E-state index is 0.0414. The third kappa shape index (κ3) is 3.69. The lowest BCUT2D eigenvalue weighted by atomic mass is 9.93. The maximum absolute atomic E-state index is 12.4. The number of nitrogens with zero attached hydrogens (tertiary/aromatic N) is 6. The first kappa shape index (κ1) is 22.0. The van der Waals surface area contributed by atoms with Gasteiger partial charge in [0.1, 0.15) is 5.69 Å². The van der Waals surface area contributed by atoms with E-state index in [0.717, 1.165) is 51.7 Å². The van der Waals surface area contributed by atoms with Gasteiger partial charge in [-0.15, -0.1) is 0 Å². The highest BCUT2D eigenvalue weighted by molar-refractivity contribution is 6.02. The molecule has 9 heteroatoms. The highest BCUT2D eigenvalue weighted by Gasteiger charge is 2.30. The zero-order valence-corrected chi connectivity index (χ0v) is 20.4. The van der Waals surface area contributed by atoms with Crippen molar-refractivity contribution in [2.24, 2.45) is 20.0 Å². The molecule has 4 aromatic heterocycles. The van der Waals surface area contributed by atoms with E-state index in [1.165, 1.54) is 0 Å². The number of benzene rings is 1. The molecule has 0 bridgehead atoms. The van der Waals surface area contributed by atoms with E-state index in [-0.39, 0.29) is 11.8 Å². The Hall–Kier alpha value is -4.53. The highest BCUT2D eigenvalue weighted by Crippen LogP contribution is 2.40. The normalized spacial score (nSPS) is 13.3. The van der Waals surface area contributed by atoms with Crippen molar-refractivity contribution in [1.82, 2.24) is 29.5 Å². The van der Waals surface area contributed by atoms with Gasteiger partial charge in [0, 0.05) is 49.6 Å². The molecule has 0 spiro atoms. The number of nitrogens with two attached hydrogens (primary N) is 1. The van der Waals surface area contributed by atoms with Crippen LogP contribution in [0.2, 0.25) is 0 Å². The smallest absolute Gasteiger partial charge is 0.227 e. The van der Waals surface area contributed by atoms with Gasteiger partial charge in [-0.1, -0.05) is 18.2 Å². The van der Waals surface area contributed by atoms with E-state index in [1.807, 2.05) is 62.4 Å². The number of carbonyl (C=O) groups excluding carboxylic acids is 1. The summed E-state index contributed by atoms with van der Waals surface area (Å²) in [4.78, 5) is 21.9. The summed E-state index contributed by atoms with van der Waals surface area (Å²) in [5, 5.41) is 13.9. The lowest BCUT2D eigenvalue weighted by Crippen LogP contribution is -2.13. The minimum Gasteiger partial charge on any atom is -0.397 e. The number of hydrogen-bond donors (Lipinski definition) is 2. The van der Waals surface area contributed by atoms with Gasteiger partial charge in [0.05, 0.1) is 34.7 Å². The van der Waals surface area contributed by atoms with Crippen LogP contribution in [0.4, 0.5) is 11.4 Å². The molecule has 1 aromatic carbocycles. The Morgan fingerprint density at radius 3 is 2.69 bits per heavy atom. The number of pyridine rings is 2. The van der Waals surface area contributed by atoms with Crippen LogP contribution in [0.3, 0.4) is 0 Å². The van der Waals surface area contributed by atoms with Crippen LogP contribution < -0.4 is 11.1 Å². The fourth-order valence-electron chi connectivity index (χ4n) is 4.62. The molecule has 180 valence electrons. The van der Waals surface area contributed by atoms with E-state index in [9.17, 15) is 4.79 Å². The summed E-state index contributed by atoms with van der Waals surface area (Å²) < 4.78 is 3.50. The Kier molecular flexibility index (Phi) is 5.06. The van der Waals surface area contributed by atoms with Gasteiger partial charge in [-0.3, -0.25) is 24.1 Å². The maximum atomic E-state index is 12.4. The van der Waals surface area contributed by atoms with E-state index in [1.54, 1.807) is 17.1 Å². The number of carbonyl (C=O) groups is 1. The van der Waals surface area contributed by atoms with Crippen molar-refractivity contribution in [3.63, 3.8) is 0 Å². The molecule has 5 aromatic rings. The number of hydrogen-bond acceptors (Lipinski definition) is 6. The van der Waals surface area contributed by atoms with E-state index in [2.05, 4.69) is 21.6 Å². The van der Waals surface area contributed by atoms with Crippen molar-refractivity contribution in [2.45, 2.75) is 19.8 Å². The second-order valence-corrected chi connectivity index (χ2v) is 9.33. The first-order chi connectivity index (χ1) is 17.4. The average molecular weight is 479 g/mol. The van der Waals surface area contributed by atoms with Gasteiger partial charge in [-0.05, 0) is 48.4 Å². The van der Waals surface area contributed by atoms with Gasteiger partial charge >= 0.3 is 0 Å². The Bertz CT molecular complexity index is 1640. The van der Waals surface area contributed by atoms with Gasteiger partial charge in [-0.25, -0.2) is 0 Å². The SMILES string of the molecule is Cc1c(N)cnc(-c2ccnn2C)c1-c1cccc2cc(-c3nn(C)cc3NC(=O)C3CC3)ncc12. The average Bonchev–Trinajstić information content (AvgIpc) is 3.54. The van der Waals surface area contributed by atoms with Crippen LogP contribution in [0.5, 0.6) is 0 Å². The standard InChI is InChI=1S/C27H26N8O/c1-15-20(28)13-30-26(23-9-10-31-35(23)3)24(15)18-6-4-5-17-11-21(29-12-19(17)18)25-22(14-34(2)33-25)32-27(36)16-7-8-16/h4-6,9-14,16H,7-8,28H2,1-3H3,(H,32,36). The molecule has 1 fully saturated rings. The van der Waals surface area contributed by atoms with Gasteiger partial charge in [0.25, 0.3) is 0 Å². The number of fused-ring (bicyclic) bond motifs is 1. The Balaban J connectivity index is 1.49. The lowest BCUT2D eigenvalue weighted by molar-refractivity contribution is -0.117. The predicted octanol–water partition coefficient (Wildman–Crippen LogP) is 4.34. The Morgan fingerprint density at radius 2 is 1.94 bits per heavy atom. The molecule has 0 aliphatic heterocycles. The summed E-state index contributed by atoms with van der Waals surface area (Å²) in [6, 6.07) is 10.1. The molecule has 0 saturated heterocycles. The molecule has 1 aliphatic carbocycles. The number of nitrogen functional groups attached to an aromatic ring is 1. The molecule has 4 heterocycles. The topological polar surface area (TPSA) is 117 Å². The zero-order valence-electron chi connectivity index (χ0n) is 20.4. The lowest BCUT2D eigenvalue weighted by Gasteiger charge is -2.16. The first-order valence-corrected chi connectivity index (χ1v) is 11.9. The van der Waals surface area contributed by atoms with Crippen molar-refractivity contribution in [1.29, 1.82) is 0 Å². The second-order valence-electron chi connectivity index (χ2n) is 9.33. The van der Waals surface area contributed by atoms with E-state index in [4.69, 9.17) is 15.7 Å². The van der Waals surface area contributed by atoms with Crippen molar-refractivity contribution >= 4 is 28.1 Å². The monoisotopic (exact) mass is 478 g/mol. The number of amides is 1. The number of aryl methyl sites for hydroxylation is 2. The quantitative estimate of drug-likeness (QED) is 0.388. The van der Waals surface area contributed by atoms with Crippen LogP contribution in [-0.4, -0.2) is 35.4 Å². The third-order valence-corrected chi connectivity index (χ3v) is 6.75. The maximum Gasteiger partial charge on any atom is 0.227 e. The van der Waals surface area contributed by atoms with Crippen LogP contribution in [0.1, 0.15) is 18.4 Å². The van der Waals surface area contributed by atoms with Crippen LogP contribution in [0.15, 0.2) is 55.1 Å². The largest absolute Gasteiger partial charge is 0.397 e. The minimum atomic E-state index is 0.0414. The molecular weight excluding hydrogens is 452 g/mol. The summed E-state index contributed by atoms with van der Waals surface area (Å²) in [7, 11) is 3.74. The van der Waals surface area contributed by atoms with Crippen LogP contribution in [0, 0.1) is 12.8 Å². The van der Waals surface area contributed by atoms with Crippen molar-refractivity contribution in [2.75, 3.05) is 11.1 Å². The Labute approximate surface area is 208 Å².